The van der Waals surface area contributed by atoms with Crippen molar-refractivity contribution < 1.29 is 14.7 Å². The molecule has 0 amide bonds. The molecule has 0 aliphatic rings. The number of carbonyl (C=O) groups is 2. The molecule has 0 atom stereocenters. The van der Waals surface area contributed by atoms with Gasteiger partial charge >= 0.3 is 147 Å². The summed E-state index contributed by atoms with van der Waals surface area (Å²) in [6.45, 7) is 0. The zero-order valence-electron chi connectivity index (χ0n) is 13.6. The third kappa shape index (κ3) is 3.24. The fourth-order valence-electron chi connectivity index (χ4n) is 3.32. The molecule has 0 heterocycles. The van der Waals surface area contributed by atoms with Gasteiger partial charge in [0, 0.05) is 0 Å². The molecule has 0 saturated carbocycles. The third-order valence-corrected chi connectivity index (χ3v) is 8.96. The molecular formula is C21H19O3P. The second-order valence-corrected chi connectivity index (χ2v) is 9.63. The van der Waals surface area contributed by atoms with Crippen molar-refractivity contribution in [1.29, 1.82) is 0 Å². The Morgan fingerprint density at radius 3 is 1.24 bits per heavy atom. The van der Waals surface area contributed by atoms with Crippen LogP contribution in [0.1, 0.15) is 6.42 Å². The van der Waals surface area contributed by atoms with Crippen LogP contribution in [-0.2, 0) is 9.59 Å². The molecule has 0 aliphatic heterocycles. The standard InChI is InChI=1S/C21H19O3P/c22-20(23)16-21(24)25(17-10-4-1-5-11-17,18-12-6-2-7-13-18)19-14-8-3-9-15-19/h1-15,25H,16H2,(H,22,23). The summed E-state index contributed by atoms with van der Waals surface area (Å²) in [6.07, 6.45) is -0.481. The number of rotatable bonds is 6. The van der Waals surface area contributed by atoms with Crippen molar-refractivity contribution in [2.24, 2.45) is 0 Å². The van der Waals surface area contributed by atoms with Crippen LogP contribution in [0.5, 0.6) is 0 Å². The molecule has 0 saturated heterocycles. The van der Waals surface area contributed by atoms with Crippen LogP contribution in [0.15, 0.2) is 91.0 Å². The summed E-state index contributed by atoms with van der Waals surface area (Å²) >= 11 is 0. The maximum absolute atomic E-state index is 13.4. The van der Waals surface area contributed by atoms with Gasteiger partial charge in [-0.15, -0.1) is 0 Å². The molecule has 3 rings (SSSR count). The van der Waals surface area contributed by atoms with Crippen LogP contribution in [-0.4, -0.2) is 16.6 Å². The van der Waals surface area contributed by atoms with Crippen molar-refractivity contribution in [1.82, 2.24) is 0 Å². The van der Waals surface area contributed by atoms with E-state index in [0.29, 0.717) is 0 Å². The number of hydrogen-bond donors (Lipinski definition) is 1. The van der Waals surface area contributed by atoms with Crippen LogP contribution >= 0.6 is 7.26 Å². The second kappa shape index (κ2) is 7.42. The summed E-state index contributed by atoms with van der Waals surface area (Å²) < 4.78 is 0. The fourth-order valence-corrected chi connectivity index (χ4v) is 7.78. The van der Waals surface area contributed by atoms with Crippen LogP contribution in [0.25, 0.3) is 0 Å². The van der Waals surface area contributed by atoms with E-state index in [4.69, 9.17) is 0 Å². The molecule has 0 radical (unpaired) electrons. The number of benzene rings is 3. The number of carboxylic acid groups (broad SMARTS) is 1. The van der Waals surface area contributed by atoms with Crippen molar-refractivity contribution in [3.05, 3.63) is 91.0 Å². The zero-order chi connectivity index (χ0) is 17.7. The summed E-state index contributed by atoms with van der Waals surface area (Å²) in [5.41, 5.74) is -0.219. The normalized spacial score (nSPS) is 11.7. The van der Waals surface area contributed by atoms with Crippen molar-refractivity contribution in [3.8, 4) is 0 Å². The van der Waals surface area contributed by atoms with Gasteiger partial charge in [-0.1, -0.05) is 0 Å². The van der Waals surface area contributed by atoms with E-state index in [1.807, 2.05) is 91.0 Å². The molecule has 3 aromatic carbocycles. The number of hydrogen-bond acceptors (Lipinski definition) is 2. The maximum atomic E-state index is 13.4. The Bertz CT molecular complexity index is 765. The Kier molecular flexibility index (Phi) is 5.06. The molecule has 0 fully saturated rings. The predicted molar refractivity (Wildman–Crippen MR) is 104 cm³/mol. The molecule has 3 aromatic rings. The first kappa shape index (κ1) is 17.1. The summed E-state index contributed by atoms with van der Waals surface area (Å²) in [4.78, 5) is 24.7. The van der Waals surface area contributed by atoms with Gasteiger partial charge in [-0.2, -0.15) is 0 Å². The van der Waals surface area contributed by atoms with E-state index in [-0.39, 0.29) is 5.52 Å². The molecule has 25 heavy (non-hydrogen) atoms. The van der Waals surface area contributed by atoms with Crippen molar-refractivity contribution in [2.45, 2.75) is 6.42 Å². The van der Waals surface area contributed by atoms with E-state index in [1.54, 1.807) is 0 Å². The molecule has 0 aromatic heterocycles. The van der Waals surface area contributed by atoms with Crippen LogP contribution in [0.2, 0.25) is 0 Å². The van der Waals surface area contributed by atoms with Crippen molar-refractivity contribution >= 4 is 34.7 Å². The van der Waals surface area contributed by atoms with Gasteiger partial charge in [0.1, 0.15) is 0 Å². The third-order valence-electron chi connectivity index (χ3n) is 4.35. The van der Waals surface area contributed by atoms with Crippen LogP contribution in [0, 0.1) is 0 Å². The van der Waals surface area contributed by atoms with E-state index in [0.717, 1.165) is 15.9 Å². The van der Waals surface area contributed by atoms with Crippen LogP contribution in [0.3, 0.4) is 0 Å². The van der Waals surface area contributed by atoms with Crippen LogP contribution in [0.4, 0.5) is 0 Å². The first-order chi connectivity index (χ1) is 12.2. The number of carboxylic acids is 1. The Labute approximate surface area is 147 Å². The summed E-state index contributed by atoms with van der Waals surface area (Å²) in [6, 6.07) is 28.7. The molecule has 0 unspecified atom stereocenters. The molecule has 4 heteroatoms. The number of carbonyl (C=O) groups excluding carboxylic acids is 1. The minimum absolute atomic E-state index is 0.219. The zero-order valence-corrected chi connectivity index (χ0v) is 14.6. The van der Waals surface area contributed by atoms with Crippen LogP contribution < -0.4 is 15.9 Å². The fraction of sp³-hybridized carbons (Fsp3) is 0.0476. The second-order valence-electron chi connectivity index (χ2n) is 5.84. The topological polar surface area (TPSA) is 54.4 Å². The Hall–Kier alpha value is -2.77. The monoisotopic (exact) mass is 350 g/mol. The van der Waals surface area contributed by atoms with Gasteiger partial charge in [-0.3, -0.25) is 0 Å². The molecule has 3 nitrogen and oxygen atoms in total. The van der Waals surface area contributed by atoms with E-state index in [1.165, 1.54) is 0 Å². The molecule has 0 bridgehead atoms. The molecular weight excluding hydrogens is 331 g/mol. The van der Waals surface area contributed by atoms with E-state index >= 15 is 0 Å². The van der Waals surface area contributed by atoms with Gasteiger partial charge in [-0.05, 0) is 0 Å². The summed E-state index contributed by atoms with van der Waals surface area (Å²) in [5, 5.41) is 12.0. The van der Waals surface area contributed by atoms with Gasteiger partial charge in [0.25, 0.3) is 0 Å². The molecule has 0 spiro atoms. The van der Waals surface area contributed by atoms with Gasteiger partial charge in [0.15, 0.2) is 0 Å². The van der Waals surface area contributed by atoms with Gasteiger partial charge in [0.05, 0.1) is 0 Å². The van der Waals surface area contributed by atoms with Gasteiger partial charge in [-0.25, -0.2) is 0 Å². The molecule has 0 aliphatic carbocycles. The Balaban J connectivity index is 2.36. The quantitative estimate of drug-likeness (QED) is 0.549. The first-order valence-corrected chi connectivity index (χ1v) is 10.1. The summed E-state index contributed by atoms with van der Waals surface area (Å²) in [7, 11) is -3.11. The Morgan fingerprint density at radius 1 is 0.640 bits per heavy atom. The SMILES string of the molecule is O=C(O)CC(=O)[PH](c1ccccc1)(c1ccccc1)c1ccccc1. The molecule has 1 N–H and O–H groups in total. The van der Waals surface area contributed by atoms with Crippen molar-refractivity contribution in [3.63, 3.8) is 0 Å². The first-order valence-electron chi connectivity index (χ1n) is 8.07. The van der Waals surface area contributed by atoms with Crippen molar-refractivity contribution in [2.75, 3.05) is 0 Å². The minimum atomic E-state index is -3.11. The van der Waals surface area contributed by atoms with Gasteiger partial charge in [0.2, 0.25) is 0 Å². The number of aliphatic carboxylic acids is 1. The summed E-state index contributed by atoms with van der Waals surface area (Å²) in [5.74, 6) is -1.09. The van der Waals surface area contributed by atoms with E-state index in [9.17, 15) is 14.7 Å². The van der Waals surface area contributed by atoms with Gasteiger partial charge < -0.3 is 0 Å². The van der Waals surface area contributed by atoms with E-state index in [2.05, 4.69) is 0 Å². The molecule has 126 valence electrons. The Morgan fingerprint density at radius 2 is 0.960 bits per heavy atom. The predicted octanol–water partition coefficient (Wildman–Crippen LogP) is 2.71. The average molecular weight is 350 g/mol. The van der Waals surface area contributed by atoms with E-state index < -0.39 is 19.7 Å². The average Bonchev–Trinajstić information content (AvgIpc) is 2.64.